The van der Waals surface area contributed by atoms with Gasteiger partial charge < -0.3 is 30.1 Å². The van der Waals surface area contributed by atoms with Crippen LogP contribution in [0.5, 0.6) is 17.2 Å². The minimum atomic E-state index is -1.11. The van der Waals surface area contributed by atoms with Crippen LogP contribution in [0, 0.1) is 5.92 Å². The van der Waals surface area contributed by atoms with Crippen LogP contribution in [0.3, 0.4) is 0 Å². The average Bonchev–Trinajstić information content (AvgIpc) is 2.95. The minimum Gasteiger partial charge on any atom is -0.504 e. The molecule has 7 heteroatoms. The second-order valence-electron chi connectivity index (χ2n) is 5.79. The Labute approximate surface area is 125 Å². The molecule has 1 aromatic rings. The van der Waals surface area contributed by atoms with Crippen LogP contribution in [-0.2, 0) is 0 Å². The second kappa shape index (κ2) is 4.37. The number of aliphatic hydroxyl groups is 2. The van der Waals surface area contributed by atoms with E-state index in [9.17, 15) is 20.1 Å². The Morgan fingerprint density at radius 3 is 2.82 bits per heavy atom. The molecule has 22 heavy (non-hydrogen) atoms. The van der Waals surface area contributed by atoms with Crippen LogP contribution in [0.1, 0.15) is 22.8 Å². The van der Waals surface area contributed by atoms with Crippen molar-refractivity contribution < 1.29 is 29.6 Å². The van der Waals surface area contributed by atoms with Gasteiger partial charge >= 0.3 is 0 Å². The highest BCUT2D eigenvalue weighted by Gasteiger charge is 2.43. The van der Waals surface area contributed by atoms with Gasteiger partial charge in [0.05, 0.1) is 17.7 Å². The first-order valence-corrected chi connectivity index (χ1v) is 7.03. The topological polar surface area (TPSA) is 108 Å². The monoisotopic (exact) mass is 305 g/mol. The summed E-state index contributed by atoms with van der Waals surface area (Å²) >= 11 is 0. The van der Waals surface area contributed by atoms with E-state index in [0.29, 0.717) is 16.9 Å². The lowest BCUT2D eigenvalue weighted by Gasteiger charge is -2.39. The maximum absolute atomic E-state index is 12.3. The van der Waals surface area contributed by atoms with E-state index >= 15 is 0 Å². The normalized spacial score (nSPS) is 32.0. The van der Waals surface area contributed by atoms with Gasteiger partial charge in [-0.2, -0.15) is 0 Å². The summed E-state index contributed by atoms with van der Waals surface area (Å²) in [4.78, 5) is 12.3. The third kappa shape index (κ3) is 1.60. The number of aliphatic hydroxyl groups excluding tert-OH is 2. The van der Waals surface area contributed by atoms with E-state index in [4.69, 9.17) is 9.47 Å². The molecule has 0 aromatic heterocycles. The van der Waals surface area contributed by atoms with Gasteiger partial charge in [-0.25, -0.2) is 0 Å². The summed E-state index contributed by atoms with van der Waals surface area (Å²) in [7, 11) is 0. The molecule has 1 amide bonds. The molecular formula is C15H15NO6. The van der Waals surface area contributed by atoms with Crippen molar-refractivity contribution in [2.75, 3.05) is 6.79 Å². The van der Waals surface area contributed by atoms with Crippen LogP contribution < -0.4 is 14.8 Å². The molecule has 2 heterocycles. The molecule has 3 aliphatic rings. The van der Waals surface area contributed by atoms with Crippen molar-refractivity contribution in [3.8, 4) is 17.2 Å². The Balaban J connectivity index is 1.95. The van der Waals surface area contributed by atoms with E-state index in [2.05, 4.69) is 5.32 Å². The van der Waals surface area contributed by atoms with Gasteiger partial charge in [0.15, 0.2) is 11.5 Å². The first-order valence-electron chi connectivity index (χ1n) is 7.03. The number of fused-ring (bicyclic) bond motifs is 4. The Hall–Kier alpha value is -2.25. The molecule has 0 saturated carbocycles. The third-order valence-electron chi connectivity index (χ3n) is 4.47. The minimum absolute atomic E-state index is 0.0202. The molecular weight excluding hydrogens is 290 g/mol. The zero-order valence-electron chi connectivity index (χ0n) is 11.7. The number of nitrogens with one attached hydrogen (secondary N) is 1. The number of rotatable bonds is 0. The Bertz CT molecular complexity index is 712. The Morgan fingerprint density at radius 2 is 2.05 bits per heavy atom. The van der Waals surface area contributed by atoms with Gasteiger partial charge in [-0.1, -0.05) is 13.0 Å². The highest BCUT2D eigenvalue weighted by Crippen LogP contribution is 2.48. The second-order valence-corrected chi connectivity index (χ2v) is 5.79. The molecule has 4 unspecified atom stereocenters. The van der Waals surface area contributed by atoms with Crippen molar-refractivity contribution >= 4 is 11.5 Å². The number of hydrogen-bond acceptors (Lipinski definition) is 6. The summed E-state index contributed by atoms with van der Waals surface area (Å²) in [6.45, 7) is 1.76. The van der Waals surface area contributed by atoms with Crippen LogP contribution in [0.25, 0.3) is 5.57 Å². The Kier molecular flexibility index (Phi) is 2.67. The number of amides is 1. The first-order chi connectivity index (χ1) is 10.5. The molecule has 0 fully saturated rings. The third-order valence-corrected chi connectivity index (χ3v) is 4.47. The standard InChI is InChI=1S/C15H15NO6/c1-5-2-7-6-3-8-14(22-4-21-8)12(18)9(6)15(20)16-10(7)13(19)11(5)17/h2-3,5,10-11,13,17-19H,4H2,1H3,(H,16,20). The molecule has 0 saturated heterocycles. The van der Waals surface area contributed by atoms with E-state index in [1.165, 1.54) is 0 Å². The molecule has 4 atom stereocenters. The lowest BCUT2D eigenvalue weighted by molar-refractivity contribution is -0.0167. The summed E-state index contributed by atoms with van der Waals surface area (Å²) in [6.07, 6.45) is -0.278. The lowest BCUT2D eigenvalue weighted by atomic mass is 9.77. The maximum Gasteiger partial charge on any atom is 0.256 e. The number of carbonyl (C=O) groups excluding carboxylic acids is 1. The zero-order chi connectivity index (χ0) is 15.6. The summed E-state index contributed by atoms with van der Waals surface area (Å²) in [5, 5.41) is 33.1. The van der Waals surface area contributed by atoms with E-state index in [0.717, 1.165) is 0 Å². The van der Waals surface area contributed by atoms with E-state index in [1.54, 1.807) is 19.1 Å². The van der Waals surface area contributed by atoms with Gasteiger partial charge in [0.1, 0.15) is 6.10 Å². The number of phenolic OH excluding ortho intramolecular Hbond substituents is 1. The predicted molar refractivity (Wildman–Crippen MR) is 74.6 cm³/mol. The largest absolute Gasteiger partial charge is 0.504 e. The molecule has 0 radical (unpaired) electrons. The molecule has 4 N–H and O–H groups in total. The summed E-state index contributed by atoms with van der Waals surface area (Å²) in [5.74, 6) is -0.559. The molecule has 0 spiro atoms. The van der Waals surface area contributed by atoms with E-state index < -0.39 is 24.2 Å². The number of carbonyl (C=O) groups is 1. The number of benzene rings is 1. The predicted octanol–water partition coefficient (Wildman–Crippen LogP) is -0.0122. The molecule has 2 aliphatic heterocycles. The summed E-state index contributed by atoms with van der Waals surface area (Å²) in [5.41, 5.74) is 1.25. The number of hydrogen-bond donors (Lipinski definition) is 4. The average molecular weight is 305 g/mol. The first kappa shape index (κ1) is 13.4. The number of ether oxygens (including phenoxy) is 2. The van der Waals surface area contributed by atoms with Gasteiger partial charge in [-0.05, 0) is 17.2 Å². The fraction of sp³-hybridized carbons (Fsp3) is 0.400. The van der Waals surface area contributed by atoms with Crippen molar-refractivity contribution in [3.63, 3.8) is 0 Å². The fourth-order valence-electron chi connectivity index (χ4n) is 3.29. The smallest absolute Gasteiger partial charge is 0.256 e. The van der Waals surface area contributed by atoms with Crippen molar-refractivity contribution in [3.05, 3.63) is 23.3 Å². The van der Waals surface area contributed by atoms with Gasteiger partial charge in [0.2, 0.25) is 12.5 Å². The van der Waals surface area contributed by atoms with Crippen LogP contribution >= 0.6 is 0 Å². The van der Waals surface area contributed by atoms with Crippen LogP contribution in [-0.4, -0.2) is 46.3 Å². The molecule has 7 nitrogen and oxygen atoms in total. The number of phenols is 1. The Morgan fingerprint density at radius 1 is 1.27 bits per heavy atom. The van der Waals surface area contributed by atoms with E-state index in [-0.39, 0.29) is 29.8 Å². The lowest BCUT2D eigenvalue weighted by Crippen LogP contribution is -2.55. The highest BCUT2D eigenvalue weighted by molar-refractivity contribution is 6.07. The molecule has 116 valence electrons. The summed E-state index contributed by atoms with van der Waals surface area (Å²) in [6, 6.07) is 0.914. The maximum atomic E-state index is 12.3. The number of aromatic hydroxyl groups is 1. The van der Waals surface area contributed by atoms with Gasteiger partial charge in [0, 0.05) is 5.92 Å². The van der Waals surface area contributed by atoms with E-state index in [1.807, 2.05) is 0 Å². The van der Waals surface area contributed by atoms with Crippen LogP contribution in [0.4, 0.5) is 0 Å². The van der Waals surface area contributed by atoms with Gasteiger partial charge in [-0.15, -0.1) is 0 Å². The van der Waals surface area contributed by atoms with Gasteiger partial charge in [0.25, 0.3) is 5.91 Å². The summed E-state index contributed by atoms with van der Waals surface area (Å²) < 4.78 is 10.5. The highest BCUT2D eigenvalue weighted by atomic mass is 16.7. The fourth-order valence-corrected chi connectivity index (χ4v) is 3.29. The zero-order valence-corrected chi connectivity index (χ0v) is 11.7. The quantitative estimate of drug-likeness (QED) is 0.537. The van der Waals surface area contributed by atoms with Crippen molar-refractivity contribution in [2.24, 2.45) is 5.92 Å². The molecule has 0 bridgehead atoms. The molecule has 1 aliphatic carbocycles. The van der Waals surface area contributed by atoms with Crippen molar-refractivity contribution in [1.82, 2.24) is 5.32 Å². The van der Waals surface area contributed by atoms with Crippen molar-refractivity contribution in [2.45, 2.75) is 25.2 Å². The molecule has 1 aromatic carbocycles. The van der Waals surface area contributed by atoms with Crippen LogP contribution in [0.2, 0.25) is 0 Å². The van der Waals surface area contributed by atoms with Gasteiger partial charge in [-0.3, -0.25) is 4.79 Å². The van der Waals surface area contributed by atoms with Crippen LogP contribution in [0.15, 0.2) is 12.1 Å². The molecule has 4 rings (SSSR count). The SMILES string of the molecule is CC1C=C2c3cc4c(c(O)c3C(=O)NC2C(O)C1O)OCO4. The van der Waals surface area contributed by atoms with Crippen molar-refractivity contribution in [1.29, 1.82) is 0 Å².